The Bertz CT molecular complexity index is 401. The zero-order valence-corrected chi connectivity index (χ0v) is 12.2. The molecule has 6 heteroatoms. The molecule has 1 aromatic rings. The van der Waals surface area contributed by atoms with Gasteiger partial charge in [0.05, 0.1) is 5.02 Å². The molecule has 0 aromatic carbocycles. The maximum atomic E-state index is 11.9. The summed E-state index contributed by atoms with van der Waals surface area (Å²) in [4.78, 5) is 16.0. The van der Waals surface area contributed by atoms with E-state index in [-0.39, 0.29) is 11.6 Å². The van der Waals surface area contributed by atoms with Crippen LogP contribution in [0.25, 0.3) is 0 Å². The topological polar surface area (TPSA) is 54.0 Å². The zero-order valence-electron chi connectivity index (χ0n) is 10.6. The first-order valence-corrected chi connectivity index (χ1v) is 7.57. The highest BCUT2D eigenvalue weighted by Crippen LogP contribution is 2.16. The van der Waals surface area contributed by atoms with E-state index in [4.69, 9.17) is 11.6 Å². The summed E-state index contributed by atoms with van der Waals surface area (Å²) < 4.78 is 0. The van der Waals surface area contributed by atoms with E-state index in [0.717, 1.165) is 18.6 Å². The van der Waals surface area contributed by atoms with Crippen LogP contribution in [0, 0.1) is 0 Å². The van der Waals surface area contributed by atoms with Gasteiger partial charge in [0.15, 0.2) is 0 Å². The van der Waals surface area contributed by atoms with Crippen LogP contribution in [0.1, 0.15) is 23.3 Å². The van der Waals surface area contributed by atoms with Gasteiger partial charge in [0, 0.05) is 13.6 Å². The number of nitrogens with zero attached hydrogens (tertiary/aromatic N) is 1. The van der Waals surface area contributed by atoms with Crippen molar-refractivity contribution in [2.45, 2.75) is 12.8 Å². The number of nitrogens with one attached hydrogen (secondary N) is 2. The van der Waals surface area contributed by atoms with Crippen molar-refractivity contribution in [3.63, 3.8) is 0 Å². The predicted octanol–water partition coefficient (Wildman–Crippen LogP) is 2.65. The number of anilines is 1. The van der Waals surface area contributed by atoms with E-state index >= 15 is 0 Å². The minimum absolute atomic E-state index is 0.221. The van der Waals surface area contributed by atoms with E-state index < -0.39 is 0 Å². The van der Waals surface area contributed by atoms with Crippen molar-refractivity contribution in [2.24, 2.45) is 0 Å². The summed E-state index contributed by atoms with van der Waals surface area (Å²) >= 11 is 7.77. The van der Waals surface area contributed by atoms with Crippen LogP contribution in [-0.4, -0.2) is 36.5 Å². The number of unbranched alkanes of at least 4 members (excludes halogenated alkanes) is 1. The molecule has 0 spiro atoms. The third-order valence-electron chi connectivity index (χ3n) is 2.38. The van der Waals surface area contributed by atoms with Gasteiger partial charge in [0.1, 0.15) is 11.5 Å². The summed E-state index contributed by atoms with van der Waals surface area (Å²) in [6, 6.07) is 3.40. The molecule has 1 aromatic heterocycles. The number of rotatable bonds is 7. The molecule has 0 saturated carbocycles. The monoisotopic (exact) mass is 287 g/mol. The van der Waals surface area contributed by atoms with E-state index in [9.17, 15) is 4.79 Å². The minimum atomic E-state index is -0.221. The van der Waals surface area contributed by atoms with Crippen molar-refractivity contribution in [1.82, 2.24) is 10.3 Å². The van der Waals surface area contributed by atoms with Gasteiger partial charge >= 0.3 is 0 Å². The molecule has 0 bridgehead atoms. The molecule has 1 heterocycles. The molecule has 0 aliphatic heterocycles. The van der Waals surface area contributed by atoms with Crippen LogP contribution in [0.5, 0.6) is 0 Å². The number of amides is 1. The fourth-order valence-corrected chi connectivity index (χ4v) is 2.08. The molecule has 0 radical (unpaired) electrons. The molecule has 2 N–H and O–H groups in total. The van der Waals surface area contributed by atoms with Gasteiger partial charge in [-0.15, -0.1) is 0 Å². The maximum Gasteiger partial charge on any atom is 0.271 e. The lowest BCUT2D eigenvalue weighted by Crippen LogP contribution is -2.26. The van der Waals surface area contributed by atoms with Crippen molar-refractivity contribution >= 4 is 35.1 Å². The van der Waals surface area contributed by atoms with Crippen LogP contribution in [0.15, 0.2) is 12.1 Å². The highest BCUT2D eigenvalue weighted by molar-refractivity contribution is 7.98. The van der Waals surface area contributed by atoms with Crippen molar-refractivity contribution < 1.29 is 4.79 Å². The van der Waals surface area contributed by atoms with Crippen LogP contribution < -0.4 is 10.6 Å². The molecule has 0 aliphatic carbocycles. The molecule has 0 atom stereocenters. The van der Waals surface area contributed by atoms with Gasteiger partial charge in [0.2, 0.25) is 0 Å². The van der Waals surface area contributed by atoms with Crippen molar-refractivity contribution in [3.8, 4) is 0 Å². The van der Waals surface area contributed by atoms with Crippen LogP contribution >= 0.6 is 23.4 Å². The first-order chi connectivity index (χ1) is 8.69. The quantitative estimate of drug-likeness (QED) is 0.757. The number of hydrogen-bond donors (Lipinski definition) is 2. The van der Waals surface area contributed by atoms with Crippen molar-refractivity contribution in [2.75, 3.05) is 30.9 Å². The third kappa shape index (κ3) is 4.74. The molecule has 4 nitrogen and oxygen atoms in total. The molecule has 1 amide bonds. The normalized spacial score (nSPS) is 10.2. The number of carbonyl (C=O) groups excluding carboxylic acids is 1. The van der Waals surface area contributed by atoms with Gasteiger partial charge < -0.3 is 10.6 Å². The SMILES string of the molecule is CNc1ccc(Cl)c(C(=O)NCCCCSC)n1. The molecule has 18 heavy (non-hydrogen) atoms. The number of hydrogen-bond acceptors (Lipinski definition) is 4. The minimum Gasteiger partial charge on any atom is -0.373 e. The van der Waals surface area contributed by atoms with Crippen LogP contribution in [0.4, 0.5) is 5.82 Å². The number of carbonyl (C=O) groups is 1. The van der Waals surface area contributed by atoms with Gasteiger partial charge in [-0.1, -0.05) is 11.6 Å². The summed E-state index contributed by atoms with van der Waals surface area (Å²) in [7, 11) is 1.75. The zero-order chi connectivity index (χ0) is 13.4. The standard InChI is InChI=1S/C12H18ClN3OS/c1-14-10-6-5-9(13)11(16-10)12(17)15-7-3-4-8-18-2/h5-6H,3-4,7-8H2,1-2H3,(H,14,16)(H,15,17). The van der Waals surface area contributed by atoms with E-state index in [1.165, 1.54) is 0 Å². The number of halogens is 1. The van der Waals surface area contributed by atoms with E-state index in [1.807, 2.05) is 11.8 Å². The van der Waals surface area contributed by atoms with Gasteiger partial charge in [-0.25, -0.2) is 4.98 Å². The average molecular weight is 288 g/mol. The highest BCUT2D eigenvalue weighted by atomic mass is 35.5. The Balaban J connectivity index is 2.50. The van der Waals surface area contributed by atoms with E-state index in [2.05, 4.69) is 21.9 Å². The Hall–Kier alpha value is -0.940. The second kappa shape index (κ2) is 8.21. The fraction of sp³-hybridized carbons (Fsp3) is 0.500. The van der Waals surface area contributed by atoms with Gasteiger partial charge in [-0.2, -0.15) is 11.8 Å². The second-order valence-electron chi connectivity index (χ2n) is 3.73. The molecule has 0 fully saturated rings. The summed E-state index contributed by atoms with van der Waals surface area (Å²) in [5.74, 6) is 1.53. The molecule has 0 unspecified atom stereocenters. The third-order valence-corrected chi connectivity index (χ3v) is 3.38. The Morgan fingerprint density at radius 3 is 2.89 bits per heavy atom. The molecular formula is C12H18ClN3OS. The smallest absolute Gasteiger partial charge is 0.271 e. The van der Waals surface area contributed by atoms with E-state index in [0.29, 0.717) is 17.4 Å². The van der Waals surface area contributed by atoms with Crippen LogP contribution in [-0.2, 0) is 0 Å². The predicted molar refractivity (Wildman–Crippen MR) is 78.7 cm³/mol. The Morgan fingerprint density at radius 2 is 2.22 bits per heavy atom. The summed E-state index contributed by atoms with van der Waals surface area (Å²) in [6.45, 7) is 0.654. The summed E-state index contributed by atoms with van der Waals surface area (Å²) in [5, 5.41) is 6.08. The summed E-state index contributed by atoms with van der Waals surface area (Å²) in [6.07, 6.45) is 4.14. The van der Waals surface area contributed by atoms with Gasteiger partial charge in [-0.3, -0.25) is 4.79 Å². The lowest BCUT2D eigenvalue weighted by molar-refractivity contribution is 0.0948. The van der Waals surface area contributed by atoms with E-state index in [1.54, 1.807) is 19.2 Å². The maximum absolute atomic E-state index is 11.9. The van der Waals surface area contributed by atoms with Crippen LogP contribution in [0.3, 0.4) is 0 Å². The number of aromatic nitrogens is 1. The van der Waals surface area contributed by atoms with Crippen LogP contribution in [0.2, 0.25) is 5.02 Å². The van der Waals surface area contributed by atoms with Gasteiger partial charge in [-0.05, 0) is 37.0 Å². The molecular weight excluding hydrogens is 270 g/mol. The highest BCUT2D eigenvalue weighted by Gasteiger charge is 2.12. The Labute approximate surface area is 117 Å². The first kappa shape index (κ1) is 15.1. The lowest BCUT2D eigenvalue weighted by atomic mass is 10.3. The molecule has 100 valence electrons. The Kier molecular flexibility index (Phi) is 6.90. The van der Waals surface area contributed by atoms with Crippen molar-refractivity contribution in [3.05, 3.63) is 22.8 Å². The number of thioether (sulfide) groups is 1. The average Bonchev–Trinajstić information content (AvgIpc) is 2.39. The number of pyridine rings is 1. The largest absolute Gasteiger partial charge is 0.373 e. The fourth-order valence-electron chi connectivity index (χ4n) is 1.40. The molecule has 0 aliphatic rings. The summed E-state index contributed by atoms with van der Waals surface area (Å²) in [5.41, 5.74) is 0.272. The molecule has 0 saturated heterocycles. The van der Waals surface area contributed by atoms with Gasteiger partial charge in [0.25, 0.3) is 5.91 Å². The lowest BCUT2D eigenvalue weighted by Gasteiger charge is -2.07. The molecule has 1 rings (SSSR count). The Morgan fingerprint density at radius 1 is 1.44 bits per heavy atom. The second-order valence-corrected chi connectivity index (χ2v) is 5.13. The first-order valence-electron chi connectivity index (χ1n) is 5.80. The van der Waals surface area contributed by atoms with Crippen molar-refractivity contribution in [1.29, 1.82) is 0 Å².